The van der Waals surface area contributed by atoms with Gasteiger partial charge in [0, 0.05) is 0 Å². The summed E-state index contributed by atoms with van der Waals surface area (Å²) in [6, 6.07) is 11.7. The minimum Gasteiger partial charge on any atom is -0.484 e. The number of nitrogens with two attached hydrogens (primary N) is 1. The lowest BCUT2D eigenvalue weighted by Crippen LogP contribution is -2.20. The average Bonchev–Trinajstić information content (AvgIpc) is 2.99. The molecule has 0 aromatic heterocycles. The van der Waals surface area contributed by atoms with E-state index in [0.29, 0.717) is 21.9 Å². The van der Waals surface area contributed by atoms with Gasteiger partial charge in [-0.25, -0.2) is 4.99 Å². The number of carbonyl (C=O) groups excluding carboxylic acids is 2. The molecule has 0 radical (unpaired) electrons. The number of aliphatic imine (C=N–C) groups is 1. The smallest absolute Gasteiger partial charge is 0.484 e. The van der Waals surface area contributed by atoms with Crippen LogP contribution < -0.4 is 20.5 Å². The number of primary amides is 1. The number of ether oxygens (including phenoxy) is 2. The number of thioether (sulfide) groups is 1. The van der Waals surface area contributed by atoms with Gasteiger partial charge < -0.3 is 20.5 Å². The maximum atomic E-state index is 12.2. The van der Waals surface area contributed by atoms with Crippen LogP contribution in [0.5, 0.6) is 11.5 Å². The van der Waals surface area contributed by atoms with Crippen molar-refractivity contribution < 1.29 is 32.2 Å². The van der Waals surface area contributed by atoms with Gasteiger partial charge in [0.1, 0.15) is 17.3 Å². The fourth-order valence-electron chi connectivity index (χ4n) is 2.36. The first-order valence-electron chi connectivity index (χ1n) is 8.34. The van der Waals surface area contributed by atoms with Crippen LogP contribution in [0.2, 0.25) is 0 Å². The van der Waals surface area contributed by atoms with Crippen molar-refractivity contribution >= 4 is 40.5 Å². The van der Waals surface area contributed by atoms with Gasteiger partial charge in [0.05, 0.1) is 10.6 Å². The molecule has 1 fully saturated rings. The van der Waals surface area contributed by atoms with Crippen LogP contribution in [0, 0.1) is 0 Å². The summed E-state index contributed by atoms with van der Waals surface area (Å²) in [5.74, 6) is -0.317. The van der Waals surface area contributed by atoms with Gasteiger partial charge in [-0.15, -0.1) is 13.2 Å². The summed E-state index contributed by atoms with van der Waals surface area (Å²) < 4.78 is 45.8. The van der Waals surface area contributed by atoms with Crippen molar-refractivity contribution in [2.24, 2.45) is 10.7 Å². The van der Waals surface area contributed by atoms with Gasteiger partial charge in [-0.05, 0) is 59.8 Å². The van der Waals surface area contributed by atoms with Gasteiger partial charge in [0.25, 0.3) is 11.1 Å². The van der Waals surface area contributed by atoms with Crippen LogP contribution in [0.15, 0.2) is 58.4 Å². The van der Waals surface area contributed by atoms with Gasteiger partial charge >= 0.3 is 6.36 Å². The summed E-state index contributed by atoms with van der Waals surface area (Å²) in [7, 11) is 0. The maximum absolute atomic E-state index is 12.2. The van der Waals surface area contributed by atoms with Gasteiger partial charge in [0.2, 0.25) is 0 Å². The highest BCUT2D eigenvalue weighted by molar-refractivity contribution is 8.18. The van der Waals surface area contributed by atoms with Crippen LogP contribution in [0.1, 0.15) is 5.56 Å². The van der Waals surface area contributed by atoms with E-state index in [0.717, 1.165) is 23.9 Å². The second-order valence-corrected chi connectivity index (χ2v) is 6.87. The lowest BCUT2D eigenvalue weighted by Gasteiger charge is -2.08. The normalized spacial score (nSPS) is 16.6. The van der Waals surface area contributed by atoms with Crippen molar-refractivity contribution in [2.45, 2.75) is 6.36 Å². The van der Waals surface area contributed by atoms with Crippen LogP contribution in [0.3, 0.4) is 0 Å². The summed E-state index contributed by atoms with van der Waals surface area (Å²) in [6.07, 6.45) is -3.10. The first-order chi connectivity index (χ1) is 14.2. The zero-order valence-electron chi connectivity index (χ0n) is 15.1. The van der Waals surface area contributed by atoms with Crippen LogP contribution in [-0.2, 0) is 4.79 Å². The zero-order chi connectivity index (χ0) is 21.7. The molecule has 2 amide bonds. The van der Waals surface area contributed by atoms with Crippen molar-refractivity contribution in [2.75, 3.05) is 6.61 Å². The number of hydrogen-bond acceptors (Lipinski definition) is 6. The number of nitrogens with one attached hydrogen (secondary N) is 1. The van der Waals surface area contributed by atoms with Gasteiger partial charge in [-0.2, -0.15) is 0 Å². The minimum absolute atomic E-state index is 0.248. The third-order valence-corrected chi connectivity index (χ3v) is 4.32. The minimum atomic E-state index is -4.78. The molecule has 1 aliphatic rings. The van der Waals surface area contributed by atoms with Gasteiger partial charge in [-0.1, -0.05) is 12.1 Å². The lowest BCUT2D eigenvalue weighted by molar-refractivity contribution is -0.274. The van der Waals surface area contributed by atoms with E-state index in [1.807, 2.05) is 0 Å². The van der Waals surface area contributed by atoms with Crippen LogP contribution in [-0.4, -0.2) is 30.0 Å². The Kier molecular flexibility index (Phi) is 6.31. The molecule has 0 saturated carbocycles. The largest absolute Gasteiger partial charge is 0.573 e. The highest BCUT2D eigenvalue weighted by Gasteiger charge is 2.31. The molecule has 1 heterocycles. The number of nitrogens with zero attached hydrogens (tertiary/aromatic N) is 1. The maximum Gasteiger partial charge on any atom is 0.573 e. The number of halogens is 3. The molecule has 0 unspecified atom stereocenters. The Balaban J connectivity index is 1.81. The zero-order valence-corrected chi connectivity index (χ0v) is 15.9. The number of benzene rings is 2. The molecule has 0 aliphatic carbocycles. The molecule has 0 bridgehead atoms. The Morgan fingerprint density at radius 1 is 1.17 bits per heavy atom. The number of carbonyl (C=O) groups is 2. The van der Waals surface area contributed by atoms with Crippen LogP contribution >= 0.6 is 11.8 Å². The number of rotatable bonds is 6. The van der Waals surface area contributed by atoms with Crippen molar-refractivity contribution in [1.82, 2.24) is 5.32 Å². The van der Waals surface area contributed by atoms with E-state index >= 15 is 0 Å². The third-order valence-electron chi connectivity index (χ3n) is 3.50. The third kappa shape index (κ3) is 6.27. The summed E-state index contributed by atoms with van der Waals surface area (Å²) in [5.41, 5.74) is 6.06. The molecule has 0 spiro atoms. The quantitative estimate of drug-likeness (QED) is 0.712. The summed E-state index contributed by atoms with van der Waals surface area (Å²) in [5, 5.41) is 2.23. The van der Waals surface area contributed by atoms with Crippen molar-refractivity contribution in [3.63, 3.8) is 0 Å². The summed E-state index contributed by atoms with van der Waals surface area (Å²) in [4.78, 5) is 27.4. The fraction of sp³-hybridized carbons (Fsp3) is 0.105. The first-order valence-corrected chi connectivity index (χ1v) is 9.16. The molecular formula is C19H14F3N3O4S. The average molecular weight is 437 g/mol. The molecule has 3 N–H and O–H groups in total. The van der Waals surface area contributed by atoms with Crippen molar-refractivity contribution in [1.29, 1.82) is 0 Å². The molecule has 2 aromatic rings. The van der Waals surface area contributed by atoms with E-state index in [1.54, 1.807) is 30.3 Å². The van der Waals surface area contributed by atoms with Crippen molar-refractivity contribution in [3.8, 4) is 11.5 Å². The topological polar surface area (TPSA) is 103 Å². The molecule has 30 heavy (non-hydrogen) atoms. The summed E-state index contributed by atoms with van der Waals surface area (Å²) in [6.45, 7) is -0.268. The van der Waals surface area contributed by atoms with Gasteiger partial charge in [0.15, 0.2) is 6.61 Å². The van der Waals surface area contributed by atoms with E-state index in [-0.39, 0.29) is 23.4 Å². The first kappa shape index (κ1) is 21.2. The predicted octanol–water partition coefficient (Wildman–Crippen LogP) is 3.98. The Morgan fingerprint density at radius 3 is 2.57 bits per heavy atom. The lowest BCUT2D eigenvalue weighted by atomic mass is 10.2. The van der Waals surface area contributed by atoms with E-state index < -0.39 is 12.3 Å². The molecule has 3 rings (SSSR count). The number of alkyl halides is 3. The molecule has 11 heteroatoms. The molecule has 2 aromatic carbocycles. The number of hydrogen-bond donors (Lipinski definition) is 2. The number of amidine groups is 1. The standard InChI is InChI=1S/C19H14F3N3O4S/c20-19(21,22)29-13-6-4-12(5-7-13)24-17-15(30-18(27)25-17)9-11-2-1-3-14(8-11)28-10-16(23)26/h1-9H,10H2,(H2,23,26)(H,24,25,27). The molecule has 7 nitrogen and oxygen atoms in total. The molecule has 156 valence electrons. The Morgan fingerprint density at radius 2 is 1.90 bits per heavy atom. The van der Waals surface area contributed by atoms with Crippen molar-refractivity contribution in [3.05, 3.63) is 59.0 Å². The highest BCUT2D eigenvalue weighted by Crippen LogP contribution is 2.30. The Labute approximate surface area is 172 Å². The molecule has 1 saturated heterocycles. The van der Waals surface area contributed by atoms with Gasteiger partial charge in [-0.3, -0.25) is 9.59 Å². The Hall–Kier alpha value is -3.47. The van der Waals surface area contributed by atoms with E-state index in [4.69, 9.17) is 10.5 Å². The van der Waals surface area contributed by atoms with Crippen LogP contribution in [0.4, 0.5) is 23.7 Å². The second kappa shape index (κ2) is 8.91. The summed E-state index contributed by atoms with van der Waals surface area (Å²) >= 11 is 0.915. The monoisotopic (exact) mass is 437 g/mol. The van der Waals surface area contributed by atoms with E-state index in [9.17, 15) is 22.8 Å². The number of amides is 2. The SMILES string of the molecule is NC(=O)COc1cccc(C=C2SC(=O)NC2=Nc2ccc(OC(F)(F)F)cc2)c1. The molecular weight excluding hydrogens is 423 g/mol. The predicted molar refractivity (Wildman–Crippen MR) is 105 cm³/mol. The molecule has 1 aliphatic heterocycles. The highest BCUT2D eigenvalue weighted by atomic mass is 32.2. The van der Waals surface area contributed by atoms with E-state index in [2.05, 4.69) is 15.0 Å². The Bertz CT molecular complexity index is 1020. The van der Waals surface area contributed by atoms with E-state index in [1.165, 1.54) is 12.1 Å². The fourth-order valence-corrected chi connectivity index (χ4v) is 3.10. The van der Waals surface area contributed by atoms with Crippen LogP contribution in [0.25, 0.3) is 6.08 Å². The second-order valence-electron chi connectivity index (χ2n) is 5.85. The molecule has 0 atom stereocenters.